The van der Waals surface area contributed by atoms with Crippen molar-refractivity contribution < 1.29 is 0 Å². The van der Waals surface area contributed by atoms with Crippen molar-refractivity contribution in [1.82, 2.24) is 0 Å². The first kappa shape index (κ1) is 10.3. The molecule has 8 heavy (non-hydrogen) atoms. The molecule has 0 radical (unpaired) electrons. The average Bonchev–Trinajstić information content (AvgIpc) is 1.69. The van der Waals surface area contributed by atoms with Crippen LogP contribution in [0.3, 0.4) is 0 Å². The summed E-state index contributed by atoms with van der Waals surface area (Å²) in [5, 5.41) is 0. The molecule has 0 heteroatoms. The van der Waals surface area contributed by atoms with E-state index in [2.05, 4.69) is 6.58 Å². The number of hydrogen-bond donors (Lipinski definition) is 0. The second-order valence-corrected chi connectivity index (χ2v) is 1.15. The molecule has 0 aromatic heterocycles. The van der Waals surface area contributed by atoms with E-state index in [9.17, 15) is 0 Å². The van der Waals surface area contributed by atoms with E-state index in [1.807, 2.05) is 31.2 Å². The highest BCUT2D eigenvalue weighted by atomic mass is 13.6. The molecule has 0 heterocycles. The van der Waals surface area contributed by atoms with Gasteiger partial charge < -0.3 is 0 Å². The van der Waals surface area contributed by atoms with Gasteiger partial charge in [0.2, 0.25) is 0 Å². The Kier molecular flexibility index (Phi) is 12.2. The van der Waals surface area contributed by atoms with Gasteiger partial charge in [0.1, 0.15) is 0 Å². The third-order valence-corrected chi connectivity index (χ3v) is 0.551. The fraction of sp³-hybridized carbons (Fsp3) is 0.250. The van der Waals surface area contributed by atoms with E-state index in [1.54, 1.807) is 6.08 Å². The molecule has 0 rings (SSSR count). The SMILES string of the molecule is C.C=C/C=C\C=C/C. The summed E-state index contributed by atoms with van der Waals surface area (Å²) in [6.07, 6.45) is 9.51. The van der Waals surface area contributed by atoms with Gasteiger partial charge in [0.25, 0.3) is 0 Å². The Bertz CT molecular complexity index is 86.2. The lowest BCUT2D eigenvalue weighted by molar-refractivity contribution is 1.73. The smallest absolute Gasteiger partial charge is 0.0467 e. The van der Waals surface area contributed by atoms with Crippen LogP contribution >= 0.6 is 0 Å². The largest absolute Gasteiger partial charge is 0.0991 e. The topological polar surface area (TPSA) is 0 Å². The van der Waals surface area contributed by atoms with Crippen molar-refractivity contribution in [2.45, 2.75) is 14.4 Å². The van der Waals surface area contributed by atoms with E-state index in [-0.39, 0.29) is 7.43 Å². The minimum atomic E-state index is 0. The minimum absolute atomic E-state index is 0. The molecule has 0 spiro atoms. The first-order chi connectivity index (χ1) is 3.41. The predicted octanol–water partition coefficient (Wildman–Crippen LogP) is 2.94. The van der Waals surface area contributed by atoms with Crippen molar-refractivity contribution >= 4 is 0 Å². The van der Waals surface area contributed by atoms with Gasteiger partial charge in [0.15, 0.2) is 0 Å². The molecule has 0 nitrogen and oxygen atoms in total. The Balaban J connectivity index is 0. The second-order valence-electron chi connectivity index (χ2n) is 1.15. The van der Waals surface area contributed by atoms with Gasteiger partial charge in [0.05, 0.1) is 0 Å². The number of hydrogen-bond acceptors (Lipinski definition) is 0. The third kappa shape index (κ3) is 8.97. The van der Waals surface area contributed by atoms with E-state index < -0.39 is 0 Å². The predicted molar refractivity (Wildman–Crippen MR) is 40.9 cm³/mol. The van der Waals surface area contributed by atoms with Crippen LogP contribution in [0.2, 0.25) is 0 Å². The van der Waals surface area contributed by atoms with Gasteiger partial charge in [-0.2, -0.15) is 0 Å². The zero-order valence-corrected chi connectivity index (χ0v) is 4.59. The summed E-state index contributed by atoms with van der Waals surface area (Å²) in [6, 6.07) is 0. The van der Waals surface area contributed by atoms with Crippen molar-refractivity contribution in [2.75, 3.05) is 0 Å². The Morgan fingerprint density at radius 1 is 1.12 bits per heavy atom. The molecule has 0 N–H and O–H groups in total. The van der Waals surface area contributed by atoms with Crippen LogP contribution in [-0.2, 0) is 0 Å². The maximum absolute atomic E-state index is 3.51. The van der Waals surface area contributed by atoms with Crippen molar-refractivity contribution in [3.8, 4) is 0 Å². The van der Waals surface area contributed by atoms with Crippen LogP contribution in [0.25, 0.3) is 0 Å². The Hall–Kier alpha value is -0.780. The molecule has 0 amide bonds. The van der Waals surface area contributed by atoms with Crippen LogP contribution in [0.5, 0.6) is 0 Å². The fourth-order valence-electron chi connectivity index (χ4n) is 0.254. The molecule has 0 aliphatic carbocycles. The Labute approximate surface area is 52.2 Å². The van der Waals surface area contributed by atoms with Crippen molar-refractivity contribution in [1.29, 1.82) is 0 Å². The quantitative estimate of drug-likeness (QED) is 0.479. The zero-order valence-electron chi connectivity index (χ0n) is 4.59. The van der Waals surface area contributed by atoms with Gasteiger partial charge in [-0.3, -0.25) is 0 Å². The normalized spacial score (nSPS) is 9.62. The molecule has 0 saturated carbocycles. The fourth-order valence-corrected chi connectivity index (χ4v) is 0.254. The highest BCUT2D eigenvalue weighted by molar-refractivity contribution is 5.07. The second kappa shape index (κ2) is 9.52. The first-order valence-electron chi connectivity index (χ1n) is 2.32. The molecule has 0 aliphatic rings. The van der Waals surface area contributed by atoms with Crippen LogP contribution in [-0.4, -0.2) is 0 Å². The Morgan fingerprint density at radius 2 is 1.75 bits per heavy atom. The molecule has 0 unspecified atom stereocenters. The molecule has 0 aromatic rings. The Morgan fingerprint density at radius 3 is 2.12 bits per heavy atom. The standard InChI is InChI=1S/C7H10.CH4/c1-3-5-7-6-4-2;/h3-7H,1H2,2H3;1H4/b6-4-,7-5-;. The van der Waals surface area contributed by atoms with Gasteiger partial charge in [-0.25, -0.2) is 0 Å². The van der Waals surface area contributed by atoms with Crippen LogP contribution in [0.4, 0.5) is 0 Å². The van der Waals surface area contributed by atoms with Crippen molar-refractivity contribution in [3.63, 3.8) is 0 Å². The third-order valence-electron chi connectivity index (χ3n) is 0.551. The lowest BCUT2D eigenvalue weighted by Crippen LogP contribution is -1.43. The molecular weight excluding hydrogens is 96.1 g/mol. The van der Waals surface area contributed by atoms with E-state index in [1.165, 1.54) is 0 Å². The van der Waals surface area contributed by atoms with Crippen LogP contribution < -0.4 is 0 Å². The molecular formula is C8H14. The summed E-state index contributed by atoms with van der Waals surface area (Å²) in [6.45, 7) is 5.49. The highest BCUT2D eigenvalue weighted by Gasteiger charge is 1.52. The summed E-state index contributed by atoms with van der Waals surface area (Å²) in [4.78, 5) is 0. The molecule has 0 aromatic carbocycles. The van der Waals surface area contributed by atoms with Crippen LogP contribution in [0.15, 0.2) is 37.0 Å². The summed E-state index contributed by atoms with van der Waals surface area (Å²) < 4.78 is 0. The number of allylic oxidation sites excluding steroid dienone is 5. The zero-order chi connectivity index (χ0) is 5.54. The molecule has 0 aliphatic heterocycles. The molecule has 0 bridgehead atoms. The maximum atomic E-state index is 3.51. The summed E-state index contributed by atoms with van der Waals surface area (Å²) >= 11 is 0. The van der Waals surface area contributed by atoms with Gasteiger partial charge >= 0.3 is 0 Å². The van der Waals surface area contributed by atoms with Crippen LogP contribution in [0, 0.1) is 0 Å². The summed E-state index contributed by atoms with van der Waals surface area (Å²) in [7, 11) is 0. The van der Waals surface area contributed by atoms with E-state index in [4.69, 9.17) is 0 Å². The molecule has 46 valence electrons. The van der Waals surface area contributed by atoms with Crippen LogP contribution in [0.1, 0.15) is 14.4 Å². The summed E-state index contributed by atoms with van der Waals surface area (Å²) in [5.41, 5.74) is 0. The summed E-state index contributed by atoms with van der Waals surface area (Å²) in [5.74, 6) is 0. The first-order valence-corrected chi connectivity index (χ1v) is 2.32. The lowest BCUT2D eigenvalue weighted by atomic mass is 10.4. The van der Waals surface area contributed by atoms with E-state index >= 15 is 0 Å². The molecule has 0 fully saturated rings. The van der Waals surface area contributed by atoms with Gasteiger partial charge in [0, 0.05) is 0 Å². The van der Waals surface area contributed by atoms with Gasteiger partial charge in [-0.15, -0.1) is 0 Å². The van der Waals surface area contributed by atoms with Crippen molar-refractivity contribution in [3.05, 3.63) is 37.0 Å². The van der Waals surface area contributed by atoms with E-state index in [0.717, 1.165) is 0 Å². The molecule has 0 saturated heterocycles. The molecule has 0 atom stereocenters. The van der Waals surface area contributed by atoms with E-state index in [0.29, 0.717) is 0 Å². The monoisotopic (exact) mass is 110 g/mol. The van der Waals surface area contributed by atoms with Gasteiger partial charge in [-0.1, -0.05) is 44.4 Å². The maximum Gasteiger partial charge on any atom is -0.0467 e. The minimum Gasteiger partial charge on any atom is -0.0991 e. The highest BCUT2D eigenvalue weighted by Crippen LogP contribution is 1.74. The van der Waals surface area contributed by atoms with Crippen molar-refractivity contribution in [2.24, 2.45) is 0 Å². The van der Waals surface area contributed by atoms with Gasteiger partial charge in [-0.05, 0) is 6.92 Å². The average molecular weight is 110 g/mol. The number of rotatable bonds is 2. The lowest BCUT2D eigenvalue weighted by Gasteiger charge is -1.65.